The van der Waals surface area contributed by atoms with Crippen LogP contribution in [0.5, 0.6) is 0 Å². The Morgan fingerprint density at radius 2 is 2.29 bits per heavy atom. The van der Waals surface area contributed by atoms with Crippen LogP contribution in [0, 0.1) is 0 Å². The van der Waals surface area contributed by atoms with Gasteiger partial charge in [0.1, 0.15) is 5.01 Å². The Morgan fingerprint density at radius 3 is 2.82 bits per heavy atom. The number of aromatic nitrogens is 1. The lowest BCUT2D eigenvalue weighted by Crippen LogP contribution is -2.23. The van der Waals surface area contributed by atoms with Gasteiger partial charge in [-0.25, -0.2) is 4.98 Å². The number of halogens is 1. The number of thiazole rings is 1. The summed E-state index contributed by atoms with van der Waals surface area (Å²) < 4.78 is 1.16. The fourth-order valence-electron chi connectivity index (χ4n) is 1.71. The van der Waals surface area contributed by atoms with Crippen LogP contribution < -0.4 is 5.32 Å². The van der Waals surface area contributed by atoms with Gasteiger partial charge in [0.2, 0.25) is 0 Å². The molecule has 0 radical (unpaired) electrons. The highest BCUT2D eigenvalue weighted by molar-refractivity contribution is 9.10. The highest BCUT2D eigenvalue weighted by atomic mass is 79.9. The van der Waals surface area contributed by atoms with E-state index in [1.807, 2.05) is 11.6 Å². The van der Waals surface area contributed by atoms with Crippen molar-refractivity contribution in [3.8, 4) is 0 Å². The van der Waals surface area contributed by atoms with Crippen LogP contribution in [0.15, 0.2) is 27.5 Å². The molecule has 2 aromatic rings. The van der Waals surface area contributed by atoms with E-state index in [2.05, 4.69) is 51.5 Å². The van der Waals surface area contributed by atoms with Crippen LogP contribution >= 0.6 is 38.6 Å². The molecule has 0 bridgehead atoms. The molecule has 2 rings (SSSR count). The Morgan fingerprint density at radius 1 is 1.47 bits per heavy atom. The predicted octanol–water partition coefficient (Wildman–Crippen LogP) is 4.77. The van der Waals surface area contributed by atoms with Gasteiger partial charge in [-0.3, -0.25) is 0 Å². The lowest BCUT2D eigenvalue weighted by Gasteiger charge is -2.19. The predicted molar refractivity (Wildman–Crippen MR) is 78.7 cm³/mol. The standard InChI is InChI=1S/C12H15BrN2S2/c1-3-10(12-14-4-5-16-12)15-8(2)11-6-9(13)7-17-11/h4-8,10,15H,3H2,1-2H3. The monoisotopic (exact) mass is 330 g/mol. The molecule has 0 aliphatic rings. The summed E-state index contributed by atoms with van der Waals surface area (Å²) in [6, 6.07) is 2.89. The minimum Gasteiger partial charge on any atom is -0.300 e. The summed E-state index contributed by atoms with van der Waals surface area (Å²) in [5.41, 5.74) is 0. The summed E-state index contributed by atoms with van der Waals surface area (Å²) in [7, 11) is 0. The van der Waals surface area contributed by atoms with Gasteiger partial charge in [0, 0.05) is 32.3 Å². The molecule has 0 aromatic carbocycles. The molecule has 0 fully saturated rings. The van der Waals surface area contributed by atoms with Crippen molar-refractivity contribution in [1.82, 2.24) is 10.3 Å². The number of thiophene rings is 1. The van der Waals surface area contributed by atoms with Crippen LogP contribution in [0.3, 0.4) is 0 Å². The molecular formula is C12H15BrN2S2. The van der Waals surface area contributed by atoms with Crippen molar-refractivity contribution in [3.63, 3.8) is 0 Å². The number of hydrogen-bond acceptors (Lipinski definition) is 4. The molecule has 1 N–H and O–H groups in total. The van der Waals surface area contributed by atoms with E-state index in [-0.39, 0.29) is 0 Å². The Hall–Kier alpha value is -0.230. The minimum atomic E-state index is 0.353. The molecule has 5 heteroatoms. The zero-order chi connectivity index (χ0) is 12.3. The third-order valence-corrected chi connectivity index (χ3v) is 5.39. The molecule has 0 saturated carbocycles. The van der Waals surface area contributed by atoms with E-state index in [1.54, 1.807) is 22.7 Å². The summed E-state index contributed by atoms with van der Waals surface area (Å²) in [6.07, 6.45) is 2.93. The highest BCUT2D eigenvalue weighted by Crippen LogP contribution is 2.28. The van der Waals surface area contributed by atoms with Crippen molar-refractivity contribution in [1.29, 1.82) is 0 Å². The average molecular weight is 331 g/mol. The maximum atomic E-state index is 4.39. The summed E-state index contributed by atoms with van der Waals surface area (Å²) in [5, 5.41) is 8.97. The number of rotatable bonds is 5. The first-order valence-corrected chi connectivity index (χ1v) is 8.15. The third-order valence-electron chi connectivity index (χ3n) is 2.62. The third kappa shape index (κ3) is 3.37. The normalized spacial score (nSPS) is 14.8. The van der Waals surface area contributed by atoms with Crippen molar-refractivity contribution < 1.29 is 0 Å². The van der Waals surface area contributed by atoms with Gasteiger partial charge in [-0.15, -0.1) is 22.7 Å². The Bertz CT molecular complexity index is 453. The van der Waals surface area contributed by atoms with Crippen LogP contribution in [0.1, 0.15) is 42.2 Å². The lowest BCUT2D eigenvalue weighted by atomic mass is 10.2. The zero-order valence-corrected chi connectivity index (χ0v) is 13.0. The first kappa shape index (κ1) is 13.2. The van der Waals surface area contributed by atoms with E-state index in [0.29, 0.717) is 12.1 Å². The van der Waals surface area contributed by atoms with Crippen molar-refractivity contribution in [2.45, 2.75) is 32.4 Å². The van der Waals surface area contributed by atoms with Gasteiger partial charge in [0.25, 0.3) is 0 Å². The van der Waals surface area contributed by atoms with Crippen molar-refractivity contribution >= 4 is 38.6 Å². The van der Waals surface area contributed by atoms with Gasteiger partial charge in [0.05, 0.1) is 6.04 Å². The summed E-state index contributed by atoms with van der Waals surface area (Å²) >= 11 is 6.99. The molecule has 2 atom stereocenters. The maximum Gasteiger partial charge on any atom is 0.109 e. The van der Waals surface area contributed by atoms with Gasteiger partial charge in [0.15, 0.2) is 0 Å². The first-order valence-electron chi connectivity index (χ1n) is 5.60. The van der Waals surface area contributed by atoms with Gasteiger partial charge in [-0.05, 0) is 35.3 Å². The van der Waals surface area contributed by atoms with E-state index in [9.17, 15) is 0 Å². The SMILES string of the molecule is CCC(NC(C)c1cc(Br)cs1)c1nccs1. The van der Waals surface area contributed by atoms with Gasteiger partial charge in [-0.1, -0.05) is 6.92 Å². The summed E-state index contributed by atoms with van der Waals surface area (Å²) in [5.74, 6) is 0. The highest BCUT2D eigenvalue weighted by Gasteiger charge is 2.16. The fraction of sp³-hybridized carbons (Fsp3) is 0.417. The Labute approximate surface area is 118 Å². The number of nitrogens with one attached hydrogen (secondary N) is 1. The zero-order valence-electron chi connectivity index (χ0n) is 9.81. The van der Waals surface area contributed by atoms with Gasteiger partial charge >= 0.3 is 0 Å². The number of nitrogens with zero attached hydrogens (tertiary/aromatic N) is 1. The van der Waals surface area contributed by atoms with Crippen LogP contribution in [0.4, 0.5) is 0 Å². The van der Waals surface area contributed by atoms with Crippen LogP contribution in [-0.4, -0.2) is 4.98 Å². The molecule has 0 saturated heterocycles. The molecule has 2 heterocycles. The second kappa shape index (κ2) is 6.09. The molecule has 2 aromatic heterocycles. The van der Waals surface area contributed by atoms with E-state index in [1.165, 1.54) is 9.88 Å². The quantitative estimate of drug-likeness (QED) is 0.854. The molecule has 92 valence electrons. The van der Waals surface area contributed by atoms with Crippen molar-refractivity contribution in [2.75, 3.05) is 0 Å². The second-order valence-corrected chi connectivity index (χ2v) is 6.67. The Kier molecular flexibility index (Phi) is 4.73. The van der Waals surface area contributed by atoms with Crippen LogP contribution in [0.2, 0.25) is 0 Å². The molecule has 0 spiro atoms. The van der Waals surface area contributed by atoms with Gasteiger partial charge in [-0.2, -0.15) is 0 Å². The molecule has 0 aliphatic heterocycles. The fourth-order valence-corrected chi connectivity index (χ4v) is 3.95. The molecule has 0 aliphatic carbocycles. The van der Waals surface area contributed by atoms with Gasteiger partial charge < -0.3 is 5.32 Å². The first-order chi connectivity index (χ1) is 8.20. The van der Waals surface area contributed by atoms with Crippen molar-refractivity contribution in [2.24, 2.45) is 0 Å². The van der Waals surface area contributed by atoms with E-state index < -0.39 is 0 Å². The molecule has 0 amide bonds. The van der Waals surface area contributed by atoms with Crippen molar-refractivity contribution in [3.05, 3.63) is 37.4 Å². The topological polar surface area (TPSA) is 24.9 Å². The van der Waals surface area contributed by atoms with Crippen LogP contribution in [0.25, 0.3) is 0 Å². The van der Waals surface area contributed by atoms with Crippen LogP contribution in [-0.2, 0) is 0 Å². The van der Waals surface area contributed by atoms with E-state index in [0.717, 1.165) is 10.9 Å². The Balaban J connectivity index is 2.04. The number of hydrogen-bond donors (Lipinski definition) is 1. The lowest BCUT2D eigenvalue weighted by molar-refractivity contribution is 0.459. The average Bonchev–Trinajstić information content (AvgIpc) is 2.96. The minimum absolute atomic E-state index is 0.353. The molecular weight excluding hydrogens is 316 g/mol. The largest absolute Gasteiger partial charge is 0.300 e. The smallest absolute Gasteiger partial charge is 0.109 e. The van der Waals surface area contributed by atoms with E-state index >= 15 is 0 Å². The molecule has 2 nitrogen and oxygen atoms in total. The molecule has 17 heavy (non-hydrogen) atoms. The van der Waals surface area contributed by atoms with E-state index in [4.69, 9.17) is 0 Å². The summed E-state index contributed by atoms with van der Waals surface area (Å²) in [4.78, 5) is 5.74. The second-order valence-electron chi connectivity index (χ2n) is 3.89. The summed E-state index contributed by atoms with van der Waals surface area (Å²) in [6.45, 7) is 4.39. The molecule has 2 unspecified atom stereocenters. The maximum absolute atomic E-state index is 4.39.